The van der Waals surface area contributed by atoms with Crippen molar-refractivity contribution >= 4 is 27.4 Å². The highest BCUT2D eigenvalue weighted by molar-refractivity contribution is 7.15. The number of anilines is 1. The Labute approximate surface area is 74.2 Å². The summed E-state index contributed by atoms with van der Waals surface area (Å²) in [4.78, 5) is 4.29. The minimum absolute atomic E-state index is 0.321. The minimum atomic E-state index is 0.321. The van der Waals surface area contributed by atoms with Crippen molar-refractivity contribution in [1.82, 2.24) is 4.98 Å². The molecule has 2 aromatic rings. The summed E-state index contributed by atoms with van der Waals surface area (Å²) in [5.74, 6) is 1.08. The first-order valence-corrected chi connectivity index (χ1v) is 4.70. The minimum Gasteiger partial charge on any atom is -0.439 e. The smallest absolute Gasteiger partial charge is 0.198 e. The first-order valence-electron chi connectivity index (χ1n) is 3.82. The van der Waals surface area contributed by atoms with Gasteiger partial charge in [0.2, 0.25) is 0 Å². The SMILES string of the molecule is CC(C)c1nc2c(N)scc2o1. The maximum Gasteiger partial charge on any atom is 0.198 e. The van der Waals surface area contributed by atoms with Crippen molar-refractivity contribution < 1.29 is 4.42 Å². The van der Waals surface area contributed by atoms with Gasteiger partial charge in [0.05, 0.1) is 0 Å². The summed E-state index contributed by atoms with van der Waals surface area (Å²) < 4.78 is 5.47. The summed E-state index contributed by atoms with van der Waals surface area (Å²) in [7, 11) is 0. The second kappa shape index (κ2) is 2.48. The number of hydrogen-bond donors (Lipinski definition) is 1. The zero-order valence-corrected chi connectivity index (χ0v) is 7.81. The molecule has 2 heterocycles. The van der Waals surface area contributed by atoms with E-state index in [2.05, 4.69) is 4.98 Å². The predicted octanol–water partition coefficient (Wildman–Crippen LogP) is 2.59. The molecule has 3 nitrogen and oxygen atoms in total. The number of nitrogens with zero attached hydrogens (tertiary/aromatic N) is 1. The number of nitrogens with two attached hydrogens (primary N) is 1. The van der Waals surface area contributed by atoms with Gasteiger partial charge in [0, 0.05) is 11.3 Å². The lowest BCUT2D eigenvalue weighted by atomic mass is 10.2. The van der Waals surface area contributed by atoms with Gasteiger partial charge in [-0.3, -0.25) is 0 Å². The third-order valence-corrected chi connectivity index (χ3v) is 2.47. The number of hydrogen-bond acceptors (Lipinski definition) is 4. The molecule has 0 saturated heterocycles. The fourth-order valence-corrected chi connectivity index (χ4v) is 1.68. The zero-order valence-electron chi connectivity index (χ0n) is 7.00. The van der Waals surface area contributed by atoms with Crippen molar-refractivity contribution in [3.05, 3.63) is 11.3 Å². The molecule has 0 aliphatic carbocycles. The summed E-state index contributed by atoms with van der Waals surface area (Å²) in [5.41, 5.74) is 7.30. The van der Waals surface area contributed by atoms with E-state index in [0.717, 1.165) is 22.0 Å². The lowest BCUT2D eigenvalue weighted by molar-refractivity contribution is 0.502. The van der Waals surface area contributed by atoms with Crippen LogP contribution in [-0.2, 0) is 0 Å². The van der Waals surface area contributed by atoms with Crippen LogP contribution in [0.4, 0.5) is 5.00 Å². The van der Waals surface area contributed by atoms with Crippen LogP contribution < -0.4 is 5.73 Å². The van der Waals surface area contributed by atoms with E-state index in [1.165, 1.54) is 11.3 Å². The molecule has 0 fully saturated rings. The normalized spacial score (nSPS) is 11.6. The number of rotatable bonds is 1. The van der Waals surface area contributed by atoms with E-state index >= 15 is 0 Å². The lowest BCUT2D eigenvalue weighted by Crippen LogP contribution is -1.86. The maximum absolute atomic E-state index is 5.69. The van der Waals surface area contributed by atoms with Gasteiger partial charge in [-0.2, -0.15) is 0 Å². The molecule has 0 aromatic carbocycles. The Kier molecular flexibility index (Phi) is 1.58. The Morgan fingerprint density at radius 2 is 2.33 bits per heavy atom. The molecule has 64 valence electrons. The van der Waals surface area contributed by atoms with Gasteiger partial charge in [-0.1, -0.05) is 13.8 Å². The lowest BCUT2D eigenvalue weighted by Gasteiger charge is -1.94. The highest BCUT2D eigenvalue weighted by Crippen LogP contribution is 2.30. The van der Waals surface area contributed by atoms with Gasteiger partial charge in [0.15, 0.2) is 11.5 Å². The second-order valence-corrected chi connectivity index (χ2v) is 3.93. The fraction of sp³-hybridized carbons (Fsp3) is 0.375. The van der Waals surface area contributed by atoms with Crippen LogP contribution in [-0.4, -0.2) is 4.98 Å². The van der Waals surface area contributed by atoms with Crippen LogP contribution >= 0.6 is 11.3 Å². The molecule has 0 radical (unpaired) electrons. The molecule has 2 aromatic heterocycles. The van der Waals surface area contributed by atoms with E-state index in [0.29, 0.717) is 5.92 Å². The average Bonchev–Trinajstić information content (AvgIpc) is 2.53. The Morgan fingerprint density at radius 3 is 2.92 bits per heavy atom. The molecule has 4 heteroatoms. The third kappa shape index (κ3) is 0.992. The predicted molar refractivity (Wildman–Crippen MR) is 50.4 cm³/mol. The van der Waals surface area contributed by atoms with Gasteiger partial charge >= 0.3 is 0 Å². The van der Waals surface area contributed by atoms with Crippen molar-refractivity contribution in [1.29, 1.82) is 0 Å². The molecule has 0 aliphatic rings. The van der Waals surface area contributed by atoms with Gasteiger partial charge in [-0.05, 0) is 0 Å². The van der Waals surface area contributed by atoms with E-state index < -0.39 is 0 Å². The van der Waals surface area contributed by atoms with Crippen molar-refractivity contribution in [2.24, 2.45) is 0 Å². The van der Waals surface area contributed by atoms with E-state index in [9.17, 15) is 0 Å². The molecule has 0 saturated carbocycles. The Bertz CT molecular complexity index is 402. The van der Waals surface area contributed by atoms with E-state index in [-0.39, 0.29) is 0 Å². The second-order valence-electron chi connectivity index (χ2n) is 3.02. The number of nitrogen functional groups attached to an aromatic ring is 1. The van der Waals surface area contributed by atoms with Crippen molar-refractivity contribution in [2.75, 3.05) is 5.73 Å². The van der Waals surface area contributed by atoms with Crippen LogP contribution in [0.3, 0.4) is 0 Å². The van der Waals surface area contributed by atoms with Crippen LogP contribution in [0.2, 0.25) is 0 Å². The third-order valence-electron chi connectivity index (χ3n) is 1.69. The molecule has 0 amide bonds. The van der Waals surface area contributed by atoms with Gasteiger partial charge < -0.3 is 10.2 Å². The van der Waals surface area contributed by atoms with E-state index in [1.54, 1.807) is 0 Å². The Balaban J connectivity index is 2.63. The highest BCUT2D eigenvalue weighted by Gasteiger charge is 2.12. The van der Waals surface area contributed by atoms with Gasteiger partial charge in [0.25, 0.3) is 0 Å². The number of oxazole rings is 1. The molecule has 0 spiro atoms. The Morgan fingerprint density at radius 1 is 1.58 bits per heavy atom. The standard InChI is InChI=1S/C8H10N2OS/c1-4(2)8-10-6-5(11-8)3-12-7(6)9/h3-4H,9H2,1-2H3. The quantitative estimate of drug-likeness (QED) is 0.737. The number of aromatic nitrogens is 1. The molecule has 0 bridgehead atoms. The monoisotopic (exact) mass is 182 g/mol. The van der Waals surface area contributed by atoms with Crippen LogP contribution in [0, 0.1) is 0 Å². The van der Waals surface area contributed by atoms with Crippen molar-refractivity contribution in [3.63, 3.8) is 0 Å². The van der Waals surface area contributed by atoms with Crippen LogP contribution in [0.1, 0.15) is 25.7 Å². The van der Waals surface area contributed by atoms with Crippen LogP contribution in [0.15, 0.2) is 9.80 Å². The van der Waals surface area contributed by atoms with Gasteiger partial charge in [-0.15, -0.1) is 11.3 Å². The van der Waals surface area contributed by atoms with Crippen molar-refractivity contribution in [3.8, 4) is 0 Å². The molecule has 2 rings (SSSR count). The first-order chi connectivity index (χ1) is 5.68. The molecular weight excluding hydrogens is 172 g/mol. The molecule has 12 heavy (non-hydrogen) atoms. The molecule has 0 unspecified atom stereocenters. The van der Waals surface area contributed by atoms with Crippen LogP contribution in [0.5, 0.6) is 0 Å². The van der Waals surface area contributed by atoms with Gasteiger partial charge in [0.1, 0.15) is 10.5 Å². The maximum atomic E-state index is 5.69. The van der Waals surface area contributed by atoms with Crippen molar-refractivity contribution in [2.45, 2.75) is 19.8 Å². The summed E-state index contributed by atoms with van der Waals surface area (Å²) in [6, 6.07) is 0. The molecule has 0 atom stereocenters. The summed E-state index contributed by atoms with van der Waals surface area (Å²) >= 11 is 1.47. The summed E-state index contributed by atoms with van der Waals surface area (Å²) in [6.45, 7) is 4.09. The molecular formula is C8H10N2OS. The largest absolute Gasteiger partial charge is 0.439 e. The zero-order chi connectivity index (χ0) is 8.72. The van der Waals surface area contributed by atoms with E-state index in [4.69, 9.17) is 10.2 Å². The van der Waals surface area contributed by atoms with Crippen LogP contribution in [0.25, 0.3) is 11.1 Å². The highest BCUT2D eigenvalue weighted by atomic mass is 32.1. The molecule has 2 N–H and O–H groups in total. The summed E-state index contributed by atoms with van der Waals surface area (Å²) in [6.07, 6.45) is 0. The Hall–Kier alpha value is -1.03. The number of fused-ring (bicyclic) bond motifs is 1. The topological polar surface area (TPSA) is 52.0 Å². The fourth-order valence-electron chi connectivity index (χ4n) is 1.03. The molecule has 0 aliphatic heterocycles. The average molecular weight is 182 g/mol. The van der Waals surface area contributed by atoms with Gasteiger partial charge in [-0.25, -0.2) is 4.98 Å². The first kappa shape index (κ1) is 7.61. The van der Waals surface area contributed by atoms with E-state index in [1.807, 2.05) is 19.2 Å². The summed E-state index contributed by atoms with van der Waals surface area (Å²) in [5, 5.41) is 2.63. The number of thiophene rings is 1.